The summed E-state index contributed by atoms with van der Waals surface area (Å²) in [5.41, 5.74) is 4.85. The molecule has 0 spiro atoms. The lowest BCUT2D eigenvalue weighted by atomic mass is 10.1. The number of ether oxygens (including phenoxy) is 1. The molecule has 3 N–H and O–H groups in total. The van der Waals surface area contributed by atoms with E-state index in [0.717, 1.165) is 6.07 Å². The second kappa shape index (κ2) is 4.74. The lowest BCUT2D eigenvalue weighted by Gasteiger charge is -2.13. The first-order chi connectivity index (χ1) is 7.02. The summed E-state index contributed by atoms with van der Waals surface area (Å²) in [4.78, 5) is 0. The first-order valence-electron chi connectivity index (χ1n) is 4.12. The van der Waals surface area contributed by atoms with Gasteiger partial charge in [0.1, 0.15) is 0 Å². The minimum atomic E-state index is -1.29. The highest BCUT2D eigenvalue weighted by Crippen LogP contribution is 2.33. The van der Waals surface area contributed by atoms with Crippen LogP contribution in [0.15, 0.2) is 6.07 Å². The molecule has 0 fully saturated rings. The third-order valence-electron chi connectivity index (χ3n) is 1.93. The maximum atomic E-state index is 13.3. The Kier molecular flexibility index (Phi) is 3.84. The van der Waals surface area contributed by atoms with Crippen LogP contribution >= 0.6 is 11.6 Å². The largest absolute Gasteiger partial charge is 0.492 e. The zero-order valence-corrected chi connectivity index (χ0v) is 8.68. The van der Waals surface area contributed by atoms with Gasteiger partial charge in [-0.05, 0) is 6.07 Å². The van der Waals surface area contributed by atoms with Crippen LogP contribution in [0, 0.1) is 11.6 Å². The molecule has 0 aliphatic carbocycles. The molecule has 0 aliphatic heterocycles. The molecule has 1 rings (SSSR count). The van der Waals surface area contributed by atoms with E-state index in [9.17, 15) is 13.9 Å². The van der Waals surface area contributed by atoms with Crippen molar-refractivity contribution in [3.8, 4) is 5.75 Å². The summed E-state index contributed by atoms with van der Waals surface area (Å²) in [7, 11) is 1.17. The number of hydrogen-bond acceptors (Lipinski definition) is 3. The number of nitrogens with two attached hydrogens (primary N) is 1. The molecule has 0 bridgehead atoms. The van der Waals surface area contributed by atoms with Crippen LogP contribution in [0.4, 0.5) is 8.78 Å². The number of benzene rings is 1. The van der Waals surface area contributed by atoms with Crippen LogP contribution in [0.2, 0.25) is 5.02 Å². The van der Waals surface area contributed by atoms with Crippen LogP contribution in [0.25, 0.3) is 0 Å². The van der Waals surface area contributed by atoms with Gasteiger partial charge in [-0.2, -0.15) is 4.39 Å². The number of methoxy groups -OCH3 is 1. The fourth-order valence-corrected chi connectivity index (χ4v) is 1.43. The number of rotatable bonds is 3. The Labute approximate surface area is 90.4 Å². The van der Waals surface area contributed by atoms with E-state index in [1.54, 1.807) is 0 Å². The van der Waals surface area contributed by atoms with Gasteiger partial charge in [-0.1, -0.05) is 11.6 Å². The standard InChI is InChI=1S/C9H10ClF2NO2/c1-15-9-5(10)2-4(6(14)3-13)7(11)8(9)12/h2,6,14H,3,13H2,1H3. The molecule has 84 valence electrons. The Morgan fingerprint density at radius 3 is 2.60 bits per heavy atom. The summed E-state index contributed by atoms with van der Waals surface area (Å²) in [5, 5.41) is 9.18. The summed E-state index contributed by atoms with van der Waals surface area (Å²) in [6.45, 7) is -0.223. The zero-order valence-electron chi connectivity index (χ0n) is 7.93. The molecule has 15 heavy (non-hydrogen) atoms. The molecule has 1 unspecified atom stereocenters. The highest BCUT2D eigenvalue weighted by atomic mass is 35.5. The van der Waals surface area contributed by atoms with E-state index < -0.39 is 17.7 Å². The van der Waals surface area contributed by atoms with Crippen molar-refractivity contribution >= 4 is 11.6 Å². The van der Waals surface area contributed by atoms with E-state index >= 15 is 0 Å². The Morgan fingerprint density at radius 1 is 1.53 bits per heavy atom. The zero-order chi connectivity index (χ0) is 11.6. The first-order valence-corrected chi connectivity index (χ1v) is 4.50. The van der Waals surface area contributed by atoms with E-state index in [-0.39, 0.29) is 22.9 Å². The molecule has 1 aromatic carbocycles. The monoisotopic (exact) mass is 237 g/mol. The van der Waals surface area contributed by atoms with Gasteiger partial charge >= 0.3 is 0 Å². The molecule has 6 heteroatoms. The molecule has 0 saturated heterocycles. The van der Waals surface area contributed by atoms with E-state index in [0.29, 0.717) is 0 Å². The van der Waals surface area contributed by atoms with Gasteiger partial charge in [-0.15, -0.1) is 0 Å². The van der Waals surface area contributed by atoms with Gasteiger partial charge < -0.3 is 15.6 Å². The third-order valence-corrected chi connectivity index (χ3v) is 2.21. The normalized spacial score (nSPS) is 12.7. The fraction of sp³-hybridized carbons (Fsp3) is 0.333. The topological polar surface area (TPSA) is 55.5 Å². The van der Waals surface area contributed by atoms with Gasteiger partial charge in [0.15, 0.2) is 11.6 Å². The Hall–Kier alpha value is -0.910. The highest BCUT2D eigenvalue weighted by Gasteiger charge is 2.21. The minimum Gasteiger partial charge on any atom is -0.492 e. The lowest BCUT2D eigenvalue weighted by Crippen LogP contribution is -2.14. The molecule has 1 aromatic rings. The molecule has 0 aromatic heterocycles. The Balaban J connectivity index is 3.33. The average Bonchev–Trinajstić information content (AvgIpc) is 2.23. The summed E-state index contributed by atoms with van der Waals surface area (Å²) >= 11 is 5.62. The molecule has 0 radical (unpaired) electrons. The molecule has 3 nitrogen and oxygen atoms in total. The summed E-state index contributed by atoms with van der Waals surface area (Å²) in [6, 6.07) is 1.09. The van der Waals surface area contributed by atoms with Gasteiger partial charge in [0.05, 0.1) is 18.2 Å². The van der Waals surface area contributed by atoms with Crippen molar-refractivity contribution in [2.45, 2.75) is 6.10 Å². The van der Waals surface area contributed by atoms with Crippen LogP contribution in [-0.2, 0) is 0 Å². The van der Waals surface area contributed by atoms with Crippen LogP contribution in [0.5, 0.6) is 5.75 Å². The van der Waals surface area contributed by atoms with Gasteiger partial charge in [0, 0.05) is 12.1 Å². The minimum absolute atomic E-state index is 0.112. The molecule has 0 amide bonds. The smallest absolute Gasteiger partial charge is 0.202 e. The third kappa shape index (κ3) is 2.19. The maximum absolute atomic E-state index is 13.3. The van der Waals surface area contributed by atoms with Crippen molar-refractivity contribution in [3.63, 3.8) is 0 Å². The summed E-state index contributed by atoms with van der Waals surface area (Å²) in [6.07, 6.45) is -1.29. The molecular formula is C9H10ClF2NO2. The SMILES string of the molecule is COc1c(Cl)cc(C(O)CN)c(F)c1F. The van der Waals surface area contributed by atoms with Crippen molar-refractivity contribution in [2.75, 3.05) is 13.7 Å². The van der Waals surface area contributed by atoms with E-state index in [4.69, 9.17) is 17.3 Å². The Bertz CT molecular complexity index is 374. The average molecular weight is 238 g/mol. The second-order valence-electron chi connectivity index (χ2n) is 2.86. The van der Waals surface area contributed by atoms with Gasteiger partial charge in [0.2, 0.25) is 5.82 Å². The van der Waals surface area contributed by atoms with E-state index in [1.807, 2.05) is 0 Å². The lowest BCUT2D eigenvalue weighted by molar-refractivity contribution is 0.180. The van der Waals surface area contributed by atoms with E-state index in [2.05, 4.69) is 4.74 Å². The van der Waals surface area contributed by atoms with E-state index in [1.165, 1.54) is 7.11 Å². The van der Waals surface area contributed by atoms with Crippen molar-refractivity contribution in [1.82, 2.24) is 0 Å². The van der Waals surface area contributed by atoms with Crippen molar-refractivity contribution in [1.29, 1.82) is 0 Å². The summed E-state index contributed by atoms with van der Waals surface area (Å²) < 4.78 is 31.2. The quantitative estimate of drug-likeness (QED) is 0.786. The predicted molar refractivity (Wildman–Crippen MR) is 51.9 cm³/mol. The van der Waals surface area contributed by atoms with Crippen LogP contribution in [-0.4, -0.2) is 18.8 Å². The number of aliphatic hydroxyl groups is 1. The first kappa shape index (κ1) is 12.2. The molecule has 0 aliphatic rings. The van der Waals surface area contributed by atoms with Crippen molar-refractivity contribution in [2.24, 2.45) is 5.73 Å². The maximum Gasteiger partial charge on any atom is 0.202 e. The molecule has 0 saturated carbocycles. The fourth-order valence-electron chi connectivity index (χ4n) is 1.15. The van der Waals surface area contributed by atoms with Gasteiger partial charge in [-0.25, -0.2) is 4.39 Å². The predicted octanol–water partition coefficient (Wildman–Crippen LogP) is 1.62. The van der Waals surface area contributed by atoms with Crippen LogP contribution in [0.3, 0.4) is 0 Å². The van der Waals surface area contributed by atoms with Gasteiger partial charge in [-0.3, -0.25) is 0 Å². The molecular weight excluding hydrogens is 228 g/mol. The highest BCUT2D eigenvalue weighted by molar-refractivity contribution is 6.32. The number of aliphatic hydroxyl groups excluding tert-OH is 1. The molecule has 1 atom stereocenters. The van der Waals surface area contributed by atoms with Crippen molar-refractivity contribution < 1.29 is 18.6 Å². The second-order valence-corrected chi connectivity index (χ2v) is 3.27. The van der Waals surface area contributed by atoms with Crippen LogP contribution < -0.4 is 10.5 Å². The van der Waals surface area contributed by atoms with Gasteiger partial charge in [0.25, 0.3) is 0 Å². The Morgan fingerprint density at radius 2 is 2.13 bits per heavy atom. The van der Waals surface area contributed by atoms with Crippen molar-refractivity contribution in [3.05, 3.63) is 28.3 Å². The summed E-state index contributed by atoms with van der Waals surface area (Å²) in [5.74, 6) is -2.82. The molecule has 0 heterocycles. The van der Waals surface area contributed by atoms with Crippen LogP contribution in [0.1, 0.15) is 11.7 Å². The number of hydrogen-bond donors (Lipinski definition) is 2. The number of halogens is 3.